The highest BCUT2D eigenvalue weighted by Gasteiger charge is 2.26. The first-order chi connectivity index (χ1) is 8.19. The normalized spacial score (nSPS) is 18.3. The van der Waals surface area contributed by atoms with Crippen molar-refractivity contribution in [1.29, 1.82) is 0 Å². The predicted molar refractivity (Wildman–Crippen MR) is 66.0 cm³/mol. The van der Waals surface area contributed by atoms with Crippen LogP contribution in [0, 0.1) is 11.8 Å². The van der Waals surface area contributed by atoms with Crippen LogP contribution >= 0.6 is 7.82 Å². The number of nitrogens with two attached hydrogens (primary N) is 1. The van der Waals surface area contributed by atoms with Crippen LogP contribution in [0.2, 0.25) is 0 Å². The van der Waals surface area contributed by atoms with Crippen molar-refractivity contribution in [3.63, 3.8) is 0 Å². The summed E-state index contributed by atoms with van der Waals surface area (Å²) in [6.45, 7) is 5.45. The molecule has 0 rings (SSSR count). The number of phosphoric acid groups is 1. The molecule has 0 aromatic heterocycles. The van der Waals surface area contributed by atoms with Gasteiger partial charge in [0.1, 0.15) is 6.04 Å². The fourth-order valence-electron chi connectivity index (χ4n) is 1.25. The van der Waals surface area contributed by atoms with Crippen LogP contribution in [-0.4, -0.2) is 35.2 Å². The molecule has 3 unspecified atom stereocenters. The van der Waals surface area contributed by atoms with Crippen molar-refractivity contribution >= 4 is 13.8 Å². The van der Waals surface area contributed by atoms with E-state index in [1.165, 1.54) is 0 Å². The molecule has 0 radical (unpaired) electrons. The molecule has 18 heavy (non-hydrogen) atoms. The topological polar surface area (TPSA) is 119 Å². The summed E-state index contributed by atoms with van der Waals surface area (Å²) in [5, 5.41) is 8.49. The molecule has 0 amide bonds. The molecule has 0 saturated carbocycles. The SMILES string of the molecule is CCC(COP(=O)(O)OCC(N)C(=O)O)C(C)C. The molecule has 3 atom stereocenters. The van der Waals surface area contributed by atoms with Crippen molar-refractivity contribution in [2.24, 2.45) is 17.6 Å². The third-order valence-corrected chi connectivity index (χ3v) is 3.60. The zero-order valence-electron chi connectivity index (χ0n) is 10.9. The lowest BCUT2D eigenvalue weighted by Crippen LogP contribution is -2.34. The molecule has 0 fully saturated rings. The number of carboxylic acid groups (broad SMARTS) is 1. The van der Waals surface area contributed by atoms with Gasteiger partial charge in [0.25, 0.3) is 0 Å². The van der Waals surface area contributed by atoms with Gasteiger partial charge in [0.2, 0.25) is 0 Å². The highest BCUT2D eigenvalue weighted by molar-refractivity contribution is 7.47. The van der Waals surface area contributed by atoms with Crippen LogP contribution in [0.3, 0.4) is 0 Å². The van der Waals surface area contributed by atoms with Crippen molar-refractivity contribution in [2.75, 3.05) is 13.2 Å². The average molecular weight is 283 g/mol. The highest BCUT2D eigenvalue weighted by Crippen LogP contribution is 2.44. The predicted octanol–water partition coefficient (Wildman–Crippen LogP) is 1.21. The quantitative estimate of drug-likeness (QED) is 0.544. The standard InChI is InChI=1S/C10H22NO6P/c1-4-8(7(2)3)5-16-18(14,15)17-6-9(11)10(12)13/h7-9H,4-6,11H2,1-3H3,(H,12,13)(H,14,15). The summed E-state index contributed by atoms with van der Waals surface area (Å²) in [6.07, 6.45) is 0.812. The van der Waals surface area contributed by atoms with Crippen LogP contribution in [0.1, 0.15) is 27.2 Å². The van der Waals surface area contributed by atoms with Gasteiger partial charge < -0.3 is 15.7 Å². The number of phosphoric ester groups is 1. The Morgan fingerprint density at radius 2 is 1.83 bits per heavy atom. The molecular formula is C10H22NO6P. The summed E-state index contributed by atoms with van der Waals surface area (Å²) in [5.41, 5.74) is 5.14. The minimum absolute atomic E-state index is 0.0876. The van der Waals surface area contributed by atoms with Gasteiger partial charge in [0.15, 0.2) is 0 Å². The molecule has 7 nitrogen and oxygen atoms in total. The van der Waals surface area contributed by atoms with E-state index in [0.717, 1.165) is 6.42 Å². The smallest absolute Gasteiger partial charge is 0.472 e. The molecule has 0 aliphatic rings. The minimum atomic E-state index is -4.24. The zero-order valence-corrected chi connectivity index (χ0v) is 11.8. The van der Waals surface area contributed by atoms with Gasteiger partial charge in [-0.05, 0) is 11.8 Å². The number of aliphatic carboxylic acids is 1. The summed E-state index contributed by atoms with van der Waals surface area (Å²) in [5.74, 6) is -0.845. The van der Waals surface area contributed by atoms with Gasteiger partial charge in [-0.2, -0.15) is 0 Å². The highest BCUT2D eigenvalue weighted by atomic mass is 31.2. The summed E-state index contributed by atoms with van der Waals surface area (Å²) in [6, 6.07) is -1.35. The van der Waals surface area contributed by atoms with E-state index in [9.17, 15) is 14.3 Å². The molecule has 0 saturated heterocycles. The Balaban J connectivity index is 4.15. The van der Waals surface area contributed by atoms with Gasteiger partial charge in [-0.15, -0.1) is 0 Å². The van der Waals surface area contributed by atoms with Gasteiger partial charge in [0.05, 0.1) is 13.2 Å². The molecule has 8 heteroatoms. The second kappa shape index (κ2) is 7.86. The molecular weight excluding hydrogens is 261 g/mol. The van der Waals surface area contributed by atoms with Crippen LogP contribution in [0.5, 0.6) is 0 Å². The van der Waals surface area contributed by atoms with E-state index in [-0.39, 0.29) is 12.5 Å². The second-order valence-corrected chi connectivity index (χ2v) is 5.87. The molecule has 0 aliphatic carbocycles. The fourth-order valence-corrected chi connectivity index (χ4v) is 2.06. The first-order valence-electron chi connectivity index (χ1n) is 5.79. The van der Waals surface area contributed by atoms with Crippen molar-refractivity contribution in [2.45, 2.75) is 33.2 Å². The third kappa shape index (κ3) is 7.08. The Labute approximate surface area is 107 Å². The van der Waals surface area contributed by atoms with Crippen LogP contribution in [0.4, 0.5) is 0 Å². The Morgan fingerprint density at radius 1 is 1.33 bits per heavy atom. The Bertz CT molecular complexity index is 309. The first-order valence-corrected chi connectivity index (χ1v) is 7.29. The maximum Gasteiger partial charge on any atom is 0.472 e. The lowest BCUT2D eigenvalue weighted by molar-refractivity contribution is -0.139. The van der Waals surface area contributed by atoms with Crippen molar-refractivity contribution < 1.29 is 28.4 Å². The van der Waals surface area contributed by atoms with Crippen LogP contribution in [0.15, 0.2) is 0 Å². The van der Waals surface area contributed by atoms with E-state index in [0.29, 0.717) is 5.92 Å². The van der Waals surface area contributed by atoms with E-state index in [1.54, 1.807) is 0 Å². The van der Waals surface area contributed by atoms with Gasteiger partial charge in [-0.1, -0.05) is 27.2 Å². The van der Waals surface area contributed by atoms with Crippen LogP contribution < -0.4 is 5.73 Å². The Kier molecular flexibility index (Phi) is 7.66. The maximum absolute atomic E-state index is 11.4. The molecule has 0 aromatic rings. The minimum Gasteiger partial charge on any atom is -0.480 e. The van der Waals surface area contributed by atoms with Gasteiger partial charge in [0, 0.05) is 0 Å². The largest absolute Gasteiger partial charge is 0.480 e. The van der Waals surface area contributed by atoms with Crippen molar-refractivity contribution in [3.05, 3.63) is 0 Å². The van der Waals surface area contributed by atoms with E-state index in [2.05, 4.69) is 4.52 Å². The monoisotopic (exact) mass is 283 g/mol. The molecule has 0 heterocycles. The first kappa shape index (κ1) is 17.5. The van der Waals surface area contributed by atoms with E-state index < -0.39 is 26.4 Å². The zero-order chi connectivity index (χ0) is 14.3. The van der Waals surface area contributed by atoms with Crippen molar-refractivity contribution in [3.8, 4) is 0 Å². The molecule has 108 valence electrons. The number of rotatable bonds is 9. The number of hydrogen-bond donors (Lipinski definition) is 3. The number of hydrogen-bond acceptors (Lipinski definition) is 5. The van der Waals surface area contributed by atoms with Gasteiger partial charge >= 0.3 is 13.8 Å². The lowest BCUT2D eigenvalue weighted by atomic mass is 9.94. The number of carbonyl (C=O) groups is 1. The lowest BCUT2D eigenvalue weighted by Gasteiger charge is -2.20. The molecule has 0 aromatic carbocycles. The van der Waals surface area contributed by atoms with Gasteiger partial charge in [-0.25, -0.2) is 4.57 Å². The second-order valence-electron chi connectivity index (χ2n) is 4.42. The van der Waals surface area contributed by atoms with Crippen molar-refractivity contribution in [1.82, 2.24) is 0 Å². The summed E-state index contributed by atoms with van der Waals surface area (Å²) in [7, 11) is -4.24. The van der Waals surface area contributed by atoms with E-state index >= 15 is 0 Å². The summed E-state index contributed by atoms with van der Waals surface area (Å²) < 4.78 is 20.8. The molecule has 0 spiro atoms. The fraction of sp³-hybridized carbons (Fsp3) is 0.900. The Morgan fingerprint density at radius 3 is 2.22 bits per heavy atom. The van der Waals surface area contributed by atoms with Gasteiger partial charge in [-0.3, -0.25) is 13.8 Å². The average Bonchev–Trinajstić information content (AvgIpc) is 2.26. The molecule has 0 bridgehead atoms. The summed E-state index contributed by atoms with van der Waals surface area (Å²) >= 11 is 0. The third-order valence-electron chi connectivity index (χ3n) is 2.65. The summed E-state index contributed by atoms with van der Waals surface area (Å²) in [4.78, 5) is 19.7. The van der Waals surface area contributed by atoms with Crippen LogP contribution in [0.25, 0.3) is 0 Å². The Hall–Kier alpha value is -0.460. The van der Waals surface area contributed by atoms with E-state index in [4.69, 9.17) is 15.4 Å². The molecule has 4 N–H and O–H groups in total. The molecule has 0 aliphatic heterocycles. The van der Waals surface area contributed by atoms with Crippen LogP contribution in [-0.2, 0) is 18.4 Å². The number of carboxylic acids is 1. The van der Waals surface area contributed by atoms with E-state index in [1.807, 2.05) is 20.8 Å². The maximum atomic E-state index is 11.4.